The van der Waals surface area contributed by atoms with Crippen molar-refractivity contribution < 1.29 is 14.6 Å². The number of nitrogens with zero attached hydrogens (tertiary/aromatic N) is 2. The third-order valence-corrected chi connectivity index (χ3v) is 4.83. The van der Waals surface area contributed by atoms with Gasteiger partial charge in [0.2, 0.25) is 0 Å². The summed E-state index contributed by atoms with van der Waals surface area (Å²) >= 11 is 1.30. The fraction of sp³-hybridized carbons (Fsp3) is 0.429. The molecule has 1 unspecified atom stereocenters. The van der Waals surface area contributed by atoms with Crippen LogP contribution in [0.25, 0.3) is 10.2 Å². The number of aromatic nitrogens is 1. The smallest absolute Gasteiger partial charge is 0.266 e. The van der Waals surface area contributed by atoms with Crippen LogP contribution in [0.3, 0.4) is 0 Å². The highest BCUT2D eigenvalue weighted by molar-refractivity contribution is 7.21. The average Bonchev–Trinajstić information content (AvgIpc) is 2.85. The van der Waals surface area contributed by atoms with Crippen LogP contribution in [0.5, 0.6) is 0 Å². The minimum Gasteiger partial charge on any atom is -0.397 e. The van der Waals surface area contributed by atoms with Gasteiger partial charge in [-0.2, -0.15) is 0 Å². The Morgan fingerprint density at radius 3 is 3.19 bits per heavy atom. The van der Waals surface area contributed by atoms with Gasteiger partial charge in [-0.25, -0.2) is 4.98 Å². The number of aliphatic hydroxyl groups is 1. The zero-order valence-electron chi connectivity index (χ0n) is 11.7. The van der Waals surface area contributed by atoms with Crippen molar-refractivity contribution in [2.75, 3.05) is 32.1 Å². The van der Waals surface area contributed by atoms with E-state index < -0.39 is 0 Å². The standard InChI is InChI=1S/C14H17N3O3S/c1-8-2-3-16-13-10(8)11(15)12(21-13)14(19)17-4-5-20-7-9(17)6-18/h2-3,9,18H,4-7,15H2,1H3. The van der Waals surface area contributed by atoms with E-state index in [2.05, 4.69) is 4.98 Å². The molecule has 0 saturated carbocycles. The van der Waals surface area contributed by atoms with Crippen LogP contribution in [0, 0.1) is 6.92 Å². The summed E-state index contributed by atoms with van der Waals surface area (Å²) in [5.74, 6) is -0.155. The van der Waals surface area contributed by atoms with Gasteiger partial charge in [0.1, 0.15) is 9.71 Å². The number of aryl methyl sites for hydroxylation is 1. The van der Waals surface area contributed by atoms with Crippen LogP contribution >= 0.6 is 11.3 Å². The molecule has 7 heteroatoms. The maximum Gasteiger partial charge on any atom is 0.266 e. The van der Waals surface area contributed by atoms with Gasteiger partial charge in [0.15, 0.2) is 0 Å². The van der Waals surface area contributed by atoms with E-state index in [4.69, 9.17) is 10.5 Å². The molecule has 3 rings (SSSR count). The molecule has 1 amide bonds. The van der Waals surface area contributed by atoms with E-state index in [-0.39, 0.29) is 18.6 Å². The number of ether oxygens (including phenoxy) is 1. The summed E-state index contributed by atoms with van der Waals surface area (Å²) in [7, 11) is 0. The molecule has 6 nitrogen and oxygen atoms in total. The summed E-state index contributed by atoms with van der Waals surface area (Å²) in [6.45, 7) is 3.12. The summed E-state index contributed by atoms with van der Waals surface area (Å²) in [5.41, 5.74) is 7.65. The van der Waals surface area contributed by atoms with Crippen molar-refractivity contribution >= 4 is 33.1 Å². The van der Waals surface area contributed by atoms with E-state index in [1.807, 2.05) is 13.0 Å². The van der Waals surface area contributed by atoms with Crippen LogP contribution in [-0.2, 0) is 4.74 Å². The number of pyridine rings is 1. The van der Waals surface area contributed by atoms with E-state index >= 15 is 0 Å². The van der Waals surface area contributed by atoms with Crippen LogP contribution in [0.15, 0.2) is 12.3 Å². The predicted octanol–water partition coefficient (Wildman–Crippen LogP) is 1.02. The molecule has 3 heterocycles. The number of thiophene rings is 1. The van der Waals surface area contributed by atoms with Gasteiger partial charge in [-0.15, -0.1) is 11.3 Å². The van der Waals surface area contributed by atoms with Crippen molar-refractivity contribution in [1.82, 2.24) is 9.88 Å². The van der Waals surface area contributed by atoms with Gasteiger partial charge in [-0.05, 0) is 18.6 Å². The molecule has 0 radical (unpaired) electrons. The molecule has 1 fully saturated rings. The fourth-order valence-electron chi connectivity index (χ4n) is 2.57. The summed E-state index contributed by atoms with van der Waals surface area (Å²) in [6, 6.07) is 1.57. The largest absolute Gasteiger partial charge is 0.397 e. The number of carbonyl (C=O) groups is 1. The Labute approximate surface area is 126 Å². The number of rotatable bonds is 2. The second-order valence-corrected chi connectivity index (χ2v) is 6.06. The summed E-state index contributed by atoms with van der Waals surface area (Å²) in [4.78, 5) is 19.9. The number of fused-ring (bicyclic) bond motifs is 1. The summed E-state index contributed by atoms with van der Waals surface area (Å²) in [6.07, 6.45) is 1.72. The van der Waals surface area contributed by atoms with Crippen LogP contribution in [-0.4, -0.2) is 53.3 Å². The van der Waals surface area contributed by atoms with Gasteiger partial charge in [0, 0.05) is 18.1 Å². The van der Waals surface area contributed by atoms with Gasteiger partial charge >= 0.3 is 0 Å². The Morgan fingerprint density at radius 2 is 2.48 bits per heavy atom. The Bertz CT molecular complexity index is 685. The van der Waals surface area contributed by atoms with E-state index in [9.17, 15) is 9.90 Å². The van der Waals surface area contributed by atoms with Crippen LogP contribution in [0.4, 0.5) is 5.69 Å². The van der Waals surface area contributed by atoms with Gasteiger partial charge in [0.05, 0.1) is 31.5 Å². The van der Waals surface area contributed by atoms with Crippen molar-refractivity contribution in [3.8, 4) is 0 Å². The normalized spacial score (nSPS) is 19.1. The van der Waals surface area contributed by atoms with Crippen LogP contribution in [0.1, 0.15) is 15.2 Å². The molecule has 1 aliphatic heterocycles. The molecule has 21 heavy (non-hydrogen) atoms. The first-order valence-corrected chi connectivity index (χ1v) is 7.58. The number of hydrogen-bond acceptors (Lipinski definition) is 6. The molecule has 112 valence electrons. The molecule has 1 saturated heterocycles. The molecule has 2 aromatic heterocycles. The van der Waals surface area contributed by atoms with Gasteiger partial charge in [0.25, 0.3) is 5.91 Å². The first kappa shape index (κ1) is 14.2. The minimum absolute atomic E-state index is 0.117. The highest BCUT2D eigenvalue weighted by Crippen LogP contribution is 2.35. The lowest BCUT2D eigenvalue weighted by Gasteiger charge is -2.34. The zero-order valence-corrected chi connectivity index (χ0v) is 12.5. The van der Waals surface area contributed by atoms with Gasteiger partial charge in [-0.1, -0.05) is 0 Å². The van der Waals surface area contributed by atoms with Crippen molar-refractivity contribution in [2.45, 2.75) is 13.0 Å². The number of hydrogen-bond donors (Lipinski definition) is 2. The number of nitrogen functional groups attached to an aromatic ring is 1. The van der Waals surface area contributed by atoms with Crippen molar-refractivity contribution in [3.05, 3.63) is 22.7 Å². The second-order valence-electron chi connectivity index (χ2n) is 5.06. The molecule has 2 aromatic rings. The first-order chi connectivity index (χ1) is 10.1. The molecule has 0 aliphatic carbocycles. The summed E-state index contributed by atoms with van der Waals surface area (Å²) < 4.78 is 5.30. The molecule has 0 aromatic carbocycles. The molecule has 3 N–H and O–H groups in total. The van der Waals surface area contributed by atoms with E-state index in [1.165, 1.54) is 11.3 Å². The maximum absolute atomic E-state index is 12.7. The molecule has 0 spiro atoms. The molecule has 1 aliphatic rings. The SMILES string of the molecule is Cc1ccnc2sc(C(=O)N3CCOCC3CO)c(N)c12. The number of nitrogens with two attached hydrogens (primary N) is 1. The number of amides is 1. The Hall–Kier alpha value is -1.70. The van der Waals surface area contributed by atoms with Gasteiger partial charge in [-0.3, -0.25) is 4.79 Å². The number of morpholine rings is 1. The minimum atomic E-state index is -0.315. The fourth-order valence-corrected chi connectivity index (χ4v) is 3.66. The molecular weight excluding hydrogens is 290 g/mol. The third-order valence-electron chi connectivity index (χ3n) is 3.73. The van der Waals surface area contributed by atoms with E-state index in [1.54, 1.807) is 11.1 Å². The van der Waals surface area contributed by atoms with Crippen molar-refractivity contribution in [2.24, 2.45) is 0 Å². The second kappa shape index (κ2) is 5.59. The highest BCUT2D eigenvalue weighted by Gasteiger charge is 2.30. The number of aliphatic hydroxyl groups excluding tert-OH is 1. The van der Waals surface area contributed by atoms with E-state index in [0.29, 0.717) is 30.3 Å². The first-order valence-electron chi connectivity index (χ1n) is 6.76. The topological polar surface area (TPSA) is 88.7 Å². The Balaban J connectivity index is 2.01. The molecular formula is C14H17N3O3S. The predicted molar refractivity (Wildman–Crippen MR) is 81.5 cm³/mol. The Morgan fingerprint density at radius 1 is 1.67 bits per heavy atom. The van der Waals surface area contributed by atoms with Crippen LogP contribution < -0.4 is 5.73 Å². The number of anilines is 1. The third kappa shape index (κ3) is 2.37. The quantitative estimate of drug-likeness (QED) is 0.865. The lowest BCUT2D eigenvalue weighted by Crippen LogP contribution is -2.50. The highest BCUT2D eigenvalue weighted by atomic mass is 32.1. The zero-order chi connectivity index (χ0) is 15.0. The van der Waals surface area contributed by atoms with Gasteiger partial charge < -0.3 is 20.5 Å². The number of carbonyl (C=O) groups excluding carboxylic acids is 1. The van der Waals surface area contributed by atoms with Crippen molar-refractivity contribution in [3.63, 3.8) is 0 Å². The lowest BCUT2D eigenvalue weighted by molar-refractivity contribution is -0.0181. The monoisotopic (exact) mass is 307 g/mol. The molecule has 0 bridgehead atoms. The summed E-state index contributed by atoms with van der Waals surface area (Å²) in [5, 5.41) is 10.2. The maximum atomic E-state index is 12.7. The Kier molecular flexibility index (Phi) is 3.79. The lowest BCUT2D eigenvalue weighted by atomic mass is 10.1. The average molecular weight is 307 g/mol. The molecule has 1 atom stereocenters. The van der Waals surface area contributed by atoms with E-state index in [0.717, 1.165) is 15.8 Å². The van der Waals surface area contributed by atoms with Crippen molar-refractivity contribution in [1.29, 1.82) is 0 Å². The van der Waals surface area contributed by atoms with Crippen LogP contribution in [0.2, 0.25) is 0 Å².